The first-order chi connectivity index (χ1) is 15.1. The summed E-state index contributed by atoms with van der Waals surface area (Å²) in [6.45, 7) is 1.97. The Balaban J connectivity index is 1.46. The molecule has 2 aromatic carbocycles. The van der Waals surface area contributed by atoms with Gasteiger partial charge in [-0.1, -0.05) is 30.3 Å². The molecule has 152 valence electrons. The standard InChI is InChI=1S/C25H19FN4O/c1-17-3-2-4-21(15-17)27-25(31)23-13-14-30(28-23)24-12-11-22-10-7-19(16-29(22)24)18-5-8-20(26)9-6-18/h2-16H,1H3,(H,27,31). The summed E-state index contributed by atoms with van der Waals surface area (Å²) in [5.74, 6) is 0.269. The van der Waals surface area contributed by atoms with E-state index in [1.54, 1.807) is 29.1 Å². The summed E-state index contributed by atoms with van der Waals surface area (Å²) in [7, 11) is 0. The lowest BCUT2D eigenvalue weighted by atomic mass is 10.1. The van der Waals surface area contributed by atoms with Crippen molar-refractivity contribution in [2.75, 3.05) is 5.32 Å². The molecular weight excluding hydrogens is 391 g/mol. The highest BCUT2D eigenvalue weighted by atomic mass is 19.1. The van der Waals surface area contributed by atoms with Crippen LogP contribution in [0.5, 0.6) is 0 Å². The Morgan fingerprint density at radius 2 is 1.71 bits per heavy atom. The van der Waals surface area contributed by atoms with Crippen LogP contribution in [0.25, 0.3) is 22.5 Å². The molecule has 0 saturated carbocycles. The molecule has 5 rings (SSSR count). The lowest BCUT2D eigenvalue weighted by Gasteiger charge is -2.07. The summed E-state index contributed by atoms with van der Waals surface area (Å²) in [5, 5.41) is 7.35. The van der Waals surface area contributed by atoms with Crippen molar-refractivity contribution in [3.63, 3.8) is 0 Å². The molecule has 0 spiro atoms. The fraction of sp³-hybridized carbons (Fsp3) is 0.0400. The van der Waals surface area contributed by atoms with Gasteiger partial charge in [-0.3, -0.25) is 4.79 Å². The van der Waals surface area contributed by atoms with Crippen molar-refractivity contribution >= 4 is 17.1 Å². The Morgan fingerprint density at radius 3 is 2.52 bits per heavy atom. The Bertz CT molecular complexity index is 1400. The van der Waals surface area contributed by atoms with Gasteiger partial charge in [0.1, 0.15) is 11.6 Å². The van der Waals surface area contributed by atoms with Crippen molar-refractivity contribution in [3.05, 3.63) is 108 Å². The zero-order valence-corrected chi connectivity index (χ0v) is 16.8. The third-order valence-electron chi connectivity index (χ3n) is 5.14. The molecule has 0 radical (unpaired) electrons. The second kappa shape index (κ2) is 7.57. The van der Waals surface area contributed by atoms with Crippen LogP contribution in [0.15, 0.2) is 91.3 Å². The topological polar surface area (TPSA) is 51.3 Å². The van der Waals surface area contributed by atoms with Gasteiger partial charge in [0.25, 0.3) is 5.91 Å². The minimum Gasteiger partial charge on any atom is -0.321 e. The number of benzene rings is 2. The highest BCUT2D eigenvalue weighted by Crippen LogP contribution is 2.23. The van der Waals surface area contributed by atoms with Crippen LogP contribution in [0.3, 0.4) is 0 Å². The van der Waals surface area contributed by atoms with Gasteiger partial charge in [-0.2, -0.15) is 5.10 Å². The molecule has 0 unspecified atom stereocenters. The van der Waals surface area contributed by atoms with E-state index in [4.69, 9.17) is 0 Å². The Hall–Kier alpha value is -4.19. The summed E-state index contributed by atoms with van der Waals surface area (Å²) in [4.78, 5) is 12.6. The fourth-order valence-corrected chi connectivity index (χ4v) is 3.58. The highest BCUT2D eigenvalue weighted by molar-refractivity contribution is 6.02. The van der Waals surface area contributed by atoms with Crippen LogP contribution in [0.2, 0.25) is 0 Å². The van der Waals surface area contributed by atoms with E-state index in [1.165, 1.54) is 12.1 Å². The zero-order valence-electron chi connectivity index (χ0n) is 16.8. The Labute approximate surface area is 178 Å². The average Bonchev–Trinajstić information content (AvgIpc) is 3.41. The molecule has 5 nitrogen and oxygen atoms in total. The van der Waals surface area contributed by atoms with Crippen LogP contribution in [-0.4, -0.2) is 20.1 Å². The van der Waals surface area contributed by atoms with Crippen molar-refractivity contribution in [1.29, 1.82) is 0 Å². The van der Waals surface area contributed by atoms with Crippen LogP contribution >= 0.6 is 0 Å². The lowest BCUT2D eigenvalue weighted by molar-refractivity contribution is 0.102. The number of aromatic nitrogens is 3. The van der Waals surface area contributed by atoms with Crippen LogP contribution in [-0.2, 0) is 0 Å². The minimum absolute atomic E-state index is 0.264. The predicted octanol–water partition coefficient (Wildman–Crippen LogP) is 5.49. The molecule has 0 aliphatic rings. The molecule has 1 amide bonds. The maximum Gasteiger partial charge on any atom is 0.276 e. The van der Waals surface area contributed by atoms with Gasteiger partial charge in [0.2, 0.25) is 0 Å². The quantitative estimate of drug-likeness (QED) is 0.426. The second-order valence-electron chi connectivity index (χ2n) is 7.38. The summed E-state index contributed by atoms with van der Waals surface area (Å²) in [5.41, 5.74) is 4.99. The molecule has 0 aliphatic heterocycles. The normalized spacial score (nSPS) is 11.0. The first kappa shape index (κ1) is 18.8. The number of carbonyl (C=O) groups excluding carboxylic acids is 1. The SMILES string of the molecule is Cc1cccc(NC(=O)c2ccn(-c3ccc4ccc(-c5ccc(F)cc5)cn34)n2)c1. The lowest BCUT2D eigenvalue weighted by Crippen LogP contribution is -2.13. The first-order valence-corrected chi connectivity index (χ1v) is 9.88. The predicted molar refractivity (Wildman–Crippen MR) is 119 cm³/mol. The Morgan fingerprint density at radius 1 is 0.935 bits per heavy atom. The van der Waals surface area contributed by atoms with Gasteiger partial charge >= 0.3 is 0 Å². The van der Waals surface area contributed by atoms with E-state index in [0.717, 1.165) is 33.7 Å². The van der Waals surface area contributed by atoms with Gasteiger partial charge in [0.15, 0.2) is 5.69 Å². The molecule has 0 atom stereocenters. The number of anilines is 1. The maximum absolute atomic E-state index is 13.3. The molecule has 0 saturated heterocycles. The molecular formula is C25H19FN4O. The number of amides is 1. The van der Waals surface area contributed by atoms with E-state index in [9.17, 15) is 9.18 Å². The number of hydrogen-bond donors (Lipinski definition) is 1. The van der Waals surface area contributed by atoms with E-state index in [2.05, 4.69) is 10.4 Å². The van der Waals surface area contributed by atoms with Crippen LogP contribution in [0.4, 0.5) is 10.1 Å². The van der Waals surface area contributed by atoms with Crippen molar-refractivity contribution < 1.29 is 9.18 Å². The fourth-order valence-electron chi connectivity index (χ4n) is 3.58. The smallest absolute Gasteiger partial charge is 0.276 e. The first-order valence-electron chi connectivity index (χ1n) is 9.88. The molecule has 3 aromatic heterocycles. The minimum atomic E-state index is -0.266. The monoisotopic (exact) mass is 410 g/mol. The van der Waals surface area contributed by atoms with Crippen molar-refractivity contribution in [2.24, 2.45) is 0 Å². The van der Waals surface area contributed by atoms with Gasteiger partial charge in [-0.25, -0.2) is 9.07 Å². The van der Waals surface area contributed by atoms with Crippen LogP contribution in [0.1, 0.15) is 16.1 Å². The van der Waals surface area contributed by atoms with Gasteiger partial charge in [0.05, 0.1) is 0 Å². The van der Waals surface area contributed by atoms with Gasteiger partial charge in [0, 0.05) is 23.6 Å². The number of halogens is 1. The zero-order chi connectivity index (χ0) is 21.4. The van der Waals surface area contributed by atoms with Crippen LogP contribution in [0, 0.1) is 12.7 Å². The van der Waals surface area contributed by atoms with Gasteiger partial charge < -0.3 is 9.72 Å². The molecule has 0 aliphatic carbocycles. The molecule has 0 bridgehead atoms. The van der Waals surface area contributed by atoms with Crippen LogP contribution < -0.4 is 5.32 Å². The number of rotatable bonds is 4. The van der Waals surface area contributed by atoms with Gasteiger partial charge in [-0.15, -0.1) is 0 Å². The second-order valence-corrected chi connectivity index (χ2v) is 7.38. The van der Waals surface area contributed by atoms with Crippen molar-refractivity contribution in [3.8, 4) is 16.9 Å². The van der Waals surface area contributed by atoms with Crippen molar-refractivity contribution in [1.82, 2.24) is 14.2 Å². The molecule has 1 N–H and O–H groups in total. The number of fused-ring (bicyclic) bond motifs is 1. The number of aryl methyl sites for hydroxylation is 1. The van der Waals surface area contributed by atoms with E-state index < -0.39 is 0 Å². The summed E-state index contributed by atoms with van der Waals surface area (Å²) in [6.07, 6.45) is 3.74. The molecule has 5 aromatic rings. The van der Waals surface area contributed by atoms with Gasteiger partial charge in [-0.05, 0) is 72.1 Å². The number of hydrogen-bond acceptors (Lipinski definition) is 2. The third kappa shape index (κ3) is 3.71. The molecule has 31 heavy (non-hydrogen) atoms. The van der Waals surface area contributed by atoms with E-state index in [-0.39, 0.29) is 11.7 Å². The largest absolute Gasteiger partial charge is 0.321 e. The number of carbonyl (C=O) groups is 1. The number of nitrogens with one attached hydrogen (secondary N) is 1. The van der Waals surface area contributed by atoms with E-state index in [0.29, 0.717) is 5.69 Å². The highest BCUT2D eigenvalue weighted by Gasteiger charge is 2.13. The molecule has 0 fully saturated rings. The third-order valence-corrected chi connectivity index (χ3v) is 5.14. The van der Waals surface area contributed by atoms with E-state index >= 15 is 0 Å². The summed E-state index contributed by atoms with van der Waals surface area (Å²) in [6, 6.07) is 23.6. The average molecular weight is 410 g/mol. The Kier molecular flexibility index (Phi) is 4.59. The maximum atomic E-state index is 13.3. The molecule has 3 heterocycles. The molecule has 6 heteroatoms. The summed E-state index contributed by atoms with van der Waals surface area (Å²) < 4.78 is 16.9. The number of pyridine rings is 1. The van der Waals surface area contributed by atoms with Crippen molar-refractivity contribution in [2.45, 2.75) is 6.92 Å². The van der Waals surface area contributed by atoms with E-state index in [1.807, 2.05) is 66.1 Å². The number of nitrogens with zero attached hydrogens (tertiary/aromatic N) is 3. The summed E-state index contributed by atoms with van der Waals surface area (Å²) >= 11 is 0.